The highest BCUT2D eigenvalue weighted by Crippen LogP contribution is 2.60. The maximum atomic E-state index is 14.3. The first-order valence-electron chi connectivity index (χ1n) is 15.9. The molecule has 0 aliphatic carbocycles. The Bertz CT molecular complexity index is 1240. The molecule has 7 atom stereocenters. The highest BCUT2D eigenvalue weighted by molar-refractivity contribution is 9.09. The molecule has 1 spiro atoms. The van der Waals surface area contributed by atoms with E-state index in [0.29, 0.717) is 45.2 Å². The molecule has 3 aliphatic heterocycles. The van der Waals surface area contributed by atoms with Crippen molar-refractivity contribution in [2.24, 2.45) is 11.8 Å². The van der Waals surface area contributed by atoms with E-state index in [1.807, 2.05) is 44.2 Å². The Kier molecular flexibility index (Phi) is 12.0. The van der Waals surface area contributed by atoms with Crippen LogP contribution in [0.5, 0.6) is 0 Å². The third-order valence-corrected chi connectivity index (χ3v) is 9.94. The van der Waals surface area contributed by atoms with Crippen molar-refractivity contribution in [1.29, 1.82) is 0 Å². The lowest BCUT2D eigenvalue weighted by atomic mass is 9.70. The zero-order valence-electron chi connectivity index (χ0n) is 26.2. The molecule has 3 heterocycles. The molecule has 0 radical (unpaired) electrons. The number of fused-ring (bicyclic) bond motifs is 1. The van der Waals surface area contributed by atoms with Crippen molar-refractivity contribution in [2.45, 2.75) is 87.0 Å². The smallest absolute Gasteiger partial charge is 0.306 e. The Morgan fingerprint density at radius 2 is 1.93 bits per heavy atom. The molecule has 45 heavy (non-hydrogen) atoms. The summed E-state index contributed by atoms with van der Waals surface area (Å²) in [5, 5.41) is 12.4. The quantitative estimate of drug-likeness (QED) is 0.111. The fraction of sp³-hybridized carbons (Fsp3) is 0.588. The van der Waals surface area contributed by atoms with Crippen LogP contribution in [-0.4, -0.2) is 93.5 Å². The maximum absolute atomic E-state index is 14.3. The van der Waals surface area contributed by atoms with E-state index in [0.717, 1.165) is 5.56 Å². The van der Waals surface area contributed by atoms with Crippen LogP contribution in [0.1, 0.15) is 64.0 Å². The molecule has 2 bridgehead atoms. The number of likely N-dealkylation sites (tertiary alicyclic amines) is 1. The van der Waals surface area contributed by atoms with E-state index in [1.54, 1.807) is 22.0 Å². The van der Waals surface area contributed by atoms with E-state index < -0.39 is 41.6 Å². The van der Waals surface area contributed by atoms with Gasteiger partial charge in [0, 0.05) is 37.0 Å². The van der Waals surface area contributed by atoms with Crippen LogP contribution in [0.25, 0.3) is 0 Å². The van der Waals surface area contributed by atoms with Crippen LogP contribution in [-0.2, 0) is 28.7 Å². The Hall–Kier alpha value is -3.02. The van der Waals surface area contributed by atoms with Gasteiger partial charge in [0.2, 0.25) is 17.7 Å². The van der Waals surface area contributed by atoms with Crippen LogP contribution in [0.3, 0.4) is 0 Å². The summed E-state index contributed by atoms with van der Waals surface area (Å²) >= 11 is 3.73. The van der Waals surface area contributed by atoms with E-state index in [-0.39, 0.29) is 48.2 Å². The van der Waals surface area contributed by atoms with Crippen LogP contribution < -0.4 is 5.32 Å². The number of alkyl halides is 1. The summed E-state index contributed by atoms with van der Waals surface area (Å²) in [6.45, 7) is 11.9. The van der Waals surface area contributed by atoms with Crippen molar-refractivity contribution < 1.29 is 33.8 Å². The number of hydrogen-bond donors (Lipinski definition) is 2. The van der Waals surface area contributed by atoms with Crippen molar-refractivity contribution in [3.05, 3.63) is 61.2 Å². The van der Waals surface area contributed by atoms with Crippen LogP contribution in [0.15, 0.2) is 55.6 Å². The van der Waals surface area contributed by atoms with Gasteiger partial charge in [-0.2, -0.15) is 0 Å². The Balaban J connectivity index is 1.65. The lowest BCUT2D eigenvalue weighted by molar-refractivity contribution is -0.149. The number of hydrogen-bond acceptors (Lipinski definition) is 7. The minimum atomic E-state index is -1.18. The van der Waals surface area contributed by atoms with Crippen molar-refractivity contribution in [2.75, 3.05) is 26.3 Å². The molecule has 1 aromatic rings. The van der Waals surface area contributed by atoms with Crippen LogP contribution >= 0.6 is 15.9 Å². The molecular weight excluding hydrogens is 642 g/mol. The minimum Gasteiger partial charge on any atom is -0.463 e. The number of unbranched alkanes of at least 4 members (excludes halogenated alkanes) is 2. The number of carbonyl (C=O) groups excluding carboxylic acids is 4. The zero-order valence-corrected chi connectivity index (χ0v) is 27.8. The van der Waals surface area contributed by atoms with Gasteiger partial charge in [0.05, 0.1) is 24.0 Å². The Morgan fingerprint density at radius 1 is 1.20 bits per heavy atom. The van der Waals surface area contributed by atoms with Gasteiger partial charge in [0.15, 0.2) is 0 Å². The number of halogens is 1. The third kappa shape index (κ3) is 7.20. The summed E-state index contributed by atoms with van der Waals surface area (Å²) in [7, 11) is 0. The molecule has 2 N–H and O–H groups in total. The van der Waals surface area contributed by atoms with E-state index in [1.165, 1.54) is 0 Å². The summed E-state index contributed by atoms with van der Waals surface area (Å²) in [5.74, 6) is -2.99. The first kappa shape index (κ1) is 34.8. The standard InChI is InChI=1S/C34H46BrN3O7/c1-5-7-16-26(40)44-21-25(23-14-10-8-11-15-23)36-31(41)27-28-32(42)38(18-12-9-13-19-39)30(33(43)37(17-6-2)22(3)4)34(28)20-24(35)29(27)45-34/h5-6,8,10-11,14-15,22,24-25,27-30,39H,1-2,7,9,12-13,16-21H2,3-4H3,(H,36,41)/t24?,25-,27+,28-,29+,30+,34-/m1/s1. The molecule has 11 heteroatoms. The number of ether oxygens (including phenoxy) is 2. The van der Waals surface area contributed by atoms with Gasteiger partial charge >= 0.3 is 5.97 Å². The first-order valence-corrected chi connectivity index (χ1v) is 16.8. The van der Waals surface area contributed by atoms with Crippen LogP contribution in [0.4, 0.5) is 0 Å². The number of nitrogens with zero attached hydrogens (tertiary/aromatic N) is 2. The van der Waals surface area contributed by atoms with E-state index in [9.17, 15) is 24.3 Å². The number of aliphatic hydroxyl groups excluding tert-OH is 1. The number of carbonyl (C=O) groups is 4. The van der Waals surface area contributed by atoms with Gasteiger partial charge < -0.3 is 29.7 Å². The normalized spacial score (nSPS) is 27.3. The fourth-order valence-electron chi connectivity index (χ4n) is 7.01. The highest BCUT2D eigenvalue weighted by atomic mass is 79.9. The van der Waals surface area contributed by atoms with Crippen molar-refractivity contribution in [3.8, 4) is 0 Å². The van der Waals surface area contributed by atoms with E-state index in [2.05, 4.69) is 34.4 Å². The summed E-state index contributed by atoms with van der Waals surface area (Å²) in [6, 6.07) is 7.54. The monoisotopic (exact) mass is 687 g/mol. The molecule has 0 saturated carbocycles. The van der Waals surface area contributed by atoms with Crippen molar-refractivity contribution >= 4 is 39.6 Å². The van der Waals surface area contributed by atoms with Gasteiger partial charge in [-0.25, -0.2) is 0 Å². The lowest BCUT2D eigenvalue weighted by Crippen LogP contribution is -2.58. The number of benzene rings is 1. The fourth-order valence-corrected chi connectivity index (χ4v) is 7.96. The van der Waals surface area contributed by atoms with Gasteiger partial charge in [0.25, 0.3) is 0 Å². The number of rotatable bonds is 17. The van der Waals surface area contributed by atoms with Gasteiger partial charge in [-0.15, -0.1) is 13.2 Å². The second-order valence-corrected chi connectivity index (χ2v) is 13.5. The number of nitrogens with one attached hydrogen (secondary N) is 1. The molecule has 0 aromatic heterocycles. The van der Waals surface area contributed by atoms with Gasteiger partial charge in [0.1, 0.15) is 18.2 Å². The summed E-state index contributed by atoms with van der Waals surface area (Å²) < 4.78 is 12.2. The molecule has 3 fully saturated rings. The highest BCUT2D eigenvalue weighted by Gasteiger charge is 2.76. The Morgan fingerprint density at radius 3 is 2.58 bits per heavy atom. The first-order chi connectivity index (χ1) is 21.6. The molecule has 3 aliphatic rings. The van der Waals surface area contributed by atoms with E-state index >= 15 is 0 Å². The number of aliphatic hydroxyl groups is 1. The number of amides is 3. The second-order valence-electron chi connectivity index (χ2n) is 12.3. The molecule has 3 amide bonds. The summed E-state index contributed by atoms with van der Waals surface area (Å²) in [4.78, 5) is 58.2. The molecule has 3 saturated heterocycles. The topological polar surface area (TPSA) is 125 Å². The third-order valence-electron chi connectivity index (χ3n) is 9.10. The van der Waals surface area contributed by atoms with Crippen LogP contribution in [0.2, 0.25) is 0 Å². The van der Waals surface area contributed by atoms with Gasteiger partial charge in [-0.3, -0.25) is 19.2 Å². The lowest BCUT2D eigenvalue weighted by Gasteiger charge is -2.38. The van der Waals surface area contributed by atoms with E-state index in [4.69, 9.17) is 9.47 Å². The molecular formula is C34H46BrN3O7. The predicted octanol–water partition coefficient (Wildman–Crippen LogP) is 3.69. The maximum Gasteiger partial charge on any atom is 0.306 e. The predicted molar refractivity (Wildman–Crippen MR) is 173 cm³/mol. The molecule has 4 rings (SSSR count). The second kappa shape index (κ2) is 15.5. The summed E-state index contributed by atoms with van der Waals surface area (Å²) in [6.07, 6.45) is 5.66. The van der Waals surface area contributed by atoms with Gasteiger partial charge in [-0.05, 0) is 51.5 Å². The summed E-state index contributed by atoms with van der Waals surface area (Å²) in [5.41, 5.74) is -0.426. The van der Waals surface area contributed by atoms with Gasteiger partial charge in [-0.1, -0.05) is 58.4 Å². The minimum absolute atomic E-state index is 0.0494. The Labute approximate surface area is 274 Å². The average molecular weight is 689 g/mol. The zero-order chi connectivity index (χ0) is 32.7. The number of esters is 1. The molecule has 246 valence electrons. The van der Waals surface area contributed by atoms with Crippen molar-refractivity contribution in [1.82, 2.24) is 15.1 Å². The largest absolute Gasteiger partial charge is 0.463 e. The van der Waals surface area contributed by atoms with Crippen LogP contribution in [0, 0.1) is 11.8 Å². The van der Waals surface area contributed by atoms with Crippen molar-refractivity contribution in [3.63, 3.8) is 0 Å². The SMILES string of the molecule is C=CCCC(=O)OC[C@@H](NC(=O)[C@@H]1[C@H]2O[C@@]3(CC2Br)[C@H](C(=O)N(CC=C)C(C)C)N(CCCCCO)C(=O)[C@@H]13)c1ccccc1. The molecule has 1 unspecified atom stereocenters. The number of allylic oxidation sites excluding steroid dienone is 1. The molecule has 10 nitrogen and oxygen atoms in total. The molecule has 1 aromatic carbocycles. The average Bonchev–Trinajstić information content (AvgIpc) is 3.62.